The molecule has 142 valence electrons. The summed E-state index contributed by atoms with van der Waals surface area (Å²) in [7, 11) is -0.536. The Bertz CT molecular complexity index is 897. The zero-order chi connectivity index (χ0) is 19.5. The van der Waals surface area contributed by atoms with E-state index in [9.17, 15) is 13.2 Å². The van der Waals surface area contributed by atoms with Crippen LogP contribution < -0.4 is 10.1 Å². The lowest BCUT2D eigenvalue weighted by molar-refractivity contribution is -0.127. The van der Waals surface area contributed by atoms with Crippen LogP contribution in [0.3, 0.4) is 0 Å². The van der Waals surface area contributed by atoms with Crippen molar-refractivity contribution in [2.24, 2.45) is 0 Å². The van der Waals surface area contributed by atoms with Crippen molar-refractivity contribution in [1.29, 1.82) is 0 Å². The van der Waals surface area contributed by atoms with Crippen molar-refractivity contribution in [1.82, 2.24) is 9.62 Å². The van der Waals surface area contributed by atoms with E-state index in [2.05, 4.69) is 5.32 Å². The summed E-state index contributed by atoms with van der Waals surface area (Å²) in [6.07, 6.45) is -0.795. The summed E-state index contributed by atoms with van der Waals surface area (Å²) in [6.45, 7) is 1.78. The highest BCUT2D eigenvalue weighted by Gasteiger charge is 2.20. The summed E-state index contributed by atoms with van der Waals surface area (Å²) in [5.41, 5.74) is 0. The van der Waals surface area contributed by atoms with E-state index in [0.29, 0.717) is 15.6 Å². The summed E-state index contributed by atoms with van der Waals surface area (Å²) < 4.78 is 31.0. The van der Waals surface area contributed by atoms with Gasteiger partial charge in [-0.25, -0.2) is 12.7 Å². The molecule has 0 bridgehead atoms. The molecule has 0 aliphatic heterocycles. The summed E-state index contributed by atoms with van der Waals surface area (Å²) in [5, 5.41) is 3.29. The molecule has 1 N–H and O–H groups in total. The Balaban J connectivity index is 1.96. The van der Waals surface area contributed by atoms with Gasteiger partial charge < -0.3 is 10.1 Å². The topological polar surface area (TPSA) is 75.7 Å². The number of nitrogens with zero attached hydrogens (tertiary/aromatic N) is 1. The lowest BCUT2D eigenvalue weighted by Crippen LogP contribution is -2.35. The van der Waals surface area contributed by atoms with Gasteiger partial charge in [0.15, 0.2) is 6.10 Å². The third kappa shape index (κ3) is 4.89. The van der Waals surface area contributed by atoms with Gasteiger partial charge >= 0.3 is 0 Å². The normalized spacial score (nSPS) is 12.8. The predicted octanol–water partition coefficient (Wildman–Crippen LogP) is 3.39. The Morgan fingerprint density at radius 3 is 2.62 bits per heavy atom. The van der Waals surface area contributed by atoms with Crippen LogP contribution in [0.15, 0.2) is 34.5 Å². The molecule has 2 aromatic rings. The van der Waals surface area contributed by atoms with E-state index < -0.39 is 16.1 Å². The van der Waals surface area contributed by atoms with Crippen LogP contribution in [0.1, 0.15) is 11.8 Å². The van der Waals surface area contributed by atoms with Gasteiger partial charge in [-0.15, -0.1) is 11.3 Å². The molecule has 0 saturated carbocycles. The zero-order valence-corrected chi connectivity index (χ0v) is 17.5. The van der Waals surface area contributed by atoms with Gasteiger partial charge in [0, 0.05) is 19.0 Å². The van der Waals surface area contributed by atoms with Crippen molar-refractivity contribution in [3.8, 4) is 5.75 Å². The highest BCUT2D eigenvalue weighted by atomic mass is 35.5. The maximum Gasteiger partial charge on any atom is 0.261 e. The number of hydrogen-bond donors (Lipinski definition) is 1. The maximum atomic E-state index is 12.2. The number of carbonyl (C=O) groups is 1. The molecular weight excluding hydrogens is 419 g/mol. The van der Waals surface area contributed by atoms with Gasteiger partial charge in [0.05, 0.1) is 11.6 Å². The monoisotopic (exact) mass is 436 g/mol. The average Bonchev–Trinajstić information content (AvgIpc) is 3.06. The quantitative estimate of drug-likeness (QED) is 0.721. The minimum atomic E-state index is -3.47. The molecular formula is C16H18Cl2N2O4S2. The summed E-state index contributed by atoms with van der Waals surface area (Å²) in [6, 6.07) is 8.10. The molecule has 1 amide bonds. The molecule has 26 heavy (non-hydrogen) atoms. The fourth-order valence-electron chi connectivity index (χ4n) is 1.91. The molecule has 1 unspecified atom stereocenters. The van der Waals surface area contributed by atoms with Crippen LogP contribution in [0.5, 0.6) is 5.75 Å². The van der Waals surface area contributed by atoms with Crippen molar-refractivity contribution in [2.45, 2.75) is 23.8 Å². The van der Waals surface area contributed by atoms with Crippen molar-refractivity contribution in [3.05, 3.63) is 45.3 Å². The molecule has 0 saturated heterocycles. The maximum absolute atomic E-state index is 12.2. The Hall–Kier alpha value is -1.32. The van der Waals surface area contributed by atoms with Crippen LogP contribution in [0.2, 0.25) is 10.0 Å². The Morgan fingerprint density at radius 1 is 1.27 bits per heavy atom. The van der Waals surface area contributed by atoms with Crippen LogP contribution in [-0.4, -0.2) is 38.8 Å². The smallest absolute Gasteiger partial charge is 0.261 e. The van der Waals surface area contributed by atoms with Gasteiger partial charge in [0.25, 0.3) is 15.9 Å². The van der Waals surface area contributed by atoms with Gasteiger partial charge in [0.2, 0.25) is 0 Å². The number of carbonyl (C=O) groups excluding carboxylic acids is 1. The highest BCUT2D eigenvalue weighted by Crippen LogP contribution is 2.32. The molecule has 6 nitrogen and oxygen atoms in total. The molecule has 0 aliphatic carbocycles. The SMILES string of the molecule is CC(Oc1cccc(Cl)c1Cl)C(=O)NCc1ccc(S(=O)(=O)N(C)C)s1. The summed E-state index contributed by atoms with van der Waals surface area (Å²) in [5.74, 6) is -0.0382. The predicted molar refractivity (Wildman–Crippen MR) is 104 cm³/mol. The first-order valence-electron chi connectivity index (χ1n) is 7.52. The van der Waals surface area contributed by atoms with Crippen molar-refractivity contribution < 1.29 is 17.9 Å². The van der Waals surface area contributed by atoms with Crippen LogP contribution in [0, 0.1) is 0 Å². The van der Waals surface area contributed by atoms with Crippen molar-refractivity contribution >= 4 is 50.5 Å². The number of amides is 1. The van der Waals surface area contributed by atoms with Crippen LogP contribution in [0.4, 0.5) is 0 Å². The largest absolute Gasteiger partial charge is 0.479 e. The third-order valence-corrected chi connectivity index (χ3v) is 7.57. The van der Waals surface area contributed by atoms with Gasteiger partial charge in [-0.3, -0.25) is 4.79 Å². The number of thiophene rings is 1. The van der Waals surface area contributed by atoms with E-state index in [0.717, 1.165) is 15.6 Å². The van der Waals surface area contributed by atoms with Crippen LogP contribution in [-0.2, 0) is 21.4 Å². The second-order valence-electron chi connectivity index (χ2n) is 5.54. The third-order valence-electron chi connectivity index (χ3n) is 3.40. The second kappa shape index (κ2) is 8.58. The van der Waals surface area contributed by atoms with Crippen molar-refractivity contribution in [2.75, 3.05) is 14.1 Å². The summed E-state index contributed by atoms with van der Waals surface area (Å²) >= 11 is 13.1. The average molecular weight is 437 g/mol. The van der Waals surface area contributed by atoms with E-state index in [4.69, 9.17) is 27.9 Å². The molecule has 0 radical (unpaired) electrons. The van der Waals surface area contributed by atoms with Gasteiger partial charge in [0.1, 0.15) is 15.0 Å². The van der Waals surface area contributed by atoms with E-state index in [1.165, 1.54) is 20.2 Å². The number of sulfonamides is 1. The molecule has 0 fully saturated rings. The molecule has 1 aromatic heterocycles. The molecule has 10 heteroatoms. The Labute approximate surface area is 166 Å². The molecule has 1 aromatic carbocycles. The number of benzene rings is 1. The highest BCUT2D eigenvalue weighted by molar-refractivity contribution is 7.91. The number of rotatable bonds is 7. The Kier molecular flexibility index (Phi) is 6.92. The second-order valence-corrected chi connectivity index (χ2v) is 9.87. The lowest BCUT2D eigenvalue weighted by Gasteiger charge is -2.15. The van der Waals surface area contributed by atoms with Crippen molar-refractivity contribution in [3.63, 3.8) is 0 Å². The number of nitrogens with one attached hydrogen (secondary N) is 1. The van der Waals surface area contributed by atoms with E-state index in [1.54, 1.807) is 31.2 Å². The van der Waals surface area contributed by atoms with Gasteiger partial charge in [-0.05, 0) is 31.2 Å². The fraction of sp³-hybridized carbons (Fsp3) is 0.312. The number of hydrogen-bond acceptors (Lipinski definition) is 5. The molecule has 2 rings (SSSR count). The lowest BCUT2D eigenvalue weighted by atomic mass is 10.3. The van der Waals surface area contributed by atoms with Gasteiger partial charge in [-0.1, -0.05) is 29.3 Å². The molecule has 1 atom stereocenters. The first-order chi connectivity index (χ1) is 12.1. The van der Waals surface area contributed by atoms with E-state index >= 15 is 0 Å². The first kappa shape index (κ1) is 21.0. The molecule has 1 heterocycles. The molecule has 0 spiro atoms. The number of ether oxygens (including phenoxy) is 1. The van der Waals surface area contributed by atoms with E-state index in [-0.39, 0.29) is 21.7 Å². The van der Waals surface area contributed by atoms with Crippen LogP contribution in [0.25, 0.3) is 0 Å². The minimum absolute atomic E-state index is 0.198. The van der Waals surface area contributed by atoms with Crippen LogP contribution >= 0.6 is 34.5 Å². The Morgan fingerprint density at radius 2 is 1.96 bits per heavy atom. The van der Waals surface area contributed by atoms with E-state index in [1.807, 2.05) is 0 Å². The zero-order valence-electron chi connectivity index (χ0n) is 14.3. The summed E-state index contributed by atoms with van der Waals surface area (Å²) in [4.78, 5) is 12.9. The fourth-order valence-corrected chi connectivity index (χ4v) is 4.71. The molecule has 0 aliphatic rings. The standard InChI is InChI=1S/C16H18Cl2N2O4S2/c1-10(24-13-6-4-5-12(17)15(13)18)16(21)19-9-11-7-8-14(25-11)26(22,23)20(2)3/h4-8,10H,9H2,1-3H3,(H,19,21). The number of halogens is 2. The van der Waals surface area contributed by atoms with Gasteiger partial charge in [-0.2, -0.15) is 0 Å². The minimum Gasteiger partial charge on any atom is -0.479 e. The first-order valence-corrected chi connectivity index (χ1v) is 10.5.